The molecule has 186 valence electrons. The van der Waals surface area contributed by atoms with E-state index in [4.69, 9.17) is 32.7 Å². The minimum Gasteiger partial charge on any atom is -0.493 e. The Kier molecular flexibility index (Phi) is 8.63. The fourth-order valence-electron chi connectivity index (χ4n) is 3.41. The summed E-state index contributed by atoms with van der Waals surface area (Å²) in [5, 5.41) is 12.7. The van der Waals surface area contributed by atoms with Crippen LogP contribution >= 0.6 is 35.0 Å². The predicted octanol–water partition coefficient (Wildman–Crippen LogP) is 4.65. The Morgan fingerprint density at radius 3 is 2.44 bits per heavy atom. The van der Waals surface area contributed by atoms with Gasteiger partial charge in [0.1, 0.15) is 0 Å². The number of methoxy groups -OCH3 is 2. The molecule has 0 aliphatic heterocycles. The van der Waals surface area contributed by atoms with E-state index in [1.54, 1.807) is 55.6 Å². The maximum Gasteiger partial charge on any atom is 0.273 e. The number of carbonyl (C=O) groups is 1. The first-order chi connectivity index (χ1) is 17.5. The van der Waals surface area contributed by atoms with E-state index in [2.05, 4.69) is 25.6 Å². The van der Waals surface area contributed by atoms with Crippen molar-refractivity contribution >= 4 is 40.9 Å². The molecule has 0 aliphatic carbocycles. The highest BCUT2D eigenvalue weighted by atomic mass is 35.5. The zero-order valence-electron chi connectivity index (χ0n) is 19.4. The lowest BCUT2D eigenvalue weighted by Crippen LogP contribution is -2.27. The Morgan fingerprint density at radius 1 is 1.03 bits per heavy atom. The molecule has 2 aromatic heterocycles. The van der Waals surface area contributed by atoms with Crippen LogP contribution in [0.25, 0.3) is 5.69 Å². The summed E-state index contributed by atoms with van der Waals surface area (Å²) < 4.78 is 12.2. The molecule has 9 nitrogen and oxygen atoms in total. The molecule has 0 saturated carbocycles. The van der Waals surface area contributed by atoms with Gasteiger partial charge < -0.3 is 14.8 Å². The summed E-state index contributed by atoms with van der Waals surface area (Å²) >= 11 is 13.8. The topological polar surface area (TPSA) is 104 Å². The first-order valence-electron chi connectivity index (χ1n) is 10.8. The average molecular weight is 545 g/mol. The second-order valence-corrected chi connectivity index (χ2v) is 9.25. The van der Waals surface area contributed by atoms with Gasteiger partial charge in [-0.25, -0.2) is 14.6 Å². The fourth-order valence-corrected chi connectivity index (χ4v) is 4.72. The highest BCUT2D eigenvalue weighted by Gasteiger charge is 2.21. The molecular weight excluding hydrogens is 523 g/mol. The van der Waals surface area contributed by atoms with Crippen molar-refractivity contribution in [3.63, 3.8) is 0 Å². The van der Waals surface area contributed by atoms with Crippen molar-refractivity contribution in [3.05, 3.63) is 81.9 Å². The van der Waals surface area contributed by atoms with Gasteiger partial charge in [0.15, 0.2) is 22.3 Å². The molecule has 0 atom stereocenters. The standard InChI is InChI=1S/C24H22Cl2N6O3S/c1-34-20-5-4-15(10-21(20)35-2)6-9-27-23(33)22-19(14-36-24-28-7-3-8-29-24)32(31-30-22)18-12-16(25)11-17(26)13-18/h3-5,7-8,10-13H,6,9,14H2,1-2H3,(H,27,33). The summed E-state index contributed by atoms with van der Waals surface area (Å²) in [5.74, 6) is 1.28. The first-order valence-corrected chi connectivity index (χ1v) is 12.5. The smallest absolute Gasteiger partial charge is 0.273 e. The van der Waals surface area contributed by atoms with E-state index in [1.165, 1.54) is 11.8 Å². The van der Waals surface area contributed by atoms with Gasteiger partial charge in [-0.05, 0) is 48.4 Å². The van der Waals surface area contributed by atoms with Gasteiger partial charge in [-0.2, -0.15) is 0 Å². The van der Waals surface area contributed by atoms with Crippen molar-refractivity contribution in [2.45, 2.75) is 17.3 Å². The lowest BCUT2D eigenvalue weighted by molar-refractivity contribution is 0.0948. The Balaban J connectivity index is 1.53. The summed E-state index contributed by atoms with van der Waals surface area (Å²) in [6.07, 6.45) is 3.90. The molecule has 0 radical (unpaired) electrons. The minimum absolute atomic E-state index is 0.196. The van der Waals surface area contributed by atoms with Gasteiger partial charge in [0.05, 0.1) is 25.6 Å². The molecule has 12 heteroatoms. The van der Waals surface area contributed by atoms with Crippen LogP contribution in [-0.4, -0.2) is 51.6 Å². The number of halogens is 2. The van der Waals surface area contributed by atoms with Crippen LogP contribution < -0.4 is 14.8 Å². The summed E-state index contributed by atoms with van der Waals surface area (Å²) in [4.78, 5) is 21.6. The zero-order valence-corrected chi connectivity index (χ0v) is 21.8. The number of benzene rings is 2. The molecule has 0 bridgehead atoms. The van der Waals surface area contributed by atoms with Crippen LogP contribution in [0.2, 0.25) is 10.0 Å². The van der Waals surface area contributed by atoms with Crippen LogP contribution in [0.1, 0.15) is 21.7 Å². The number of ether oxygens (including phenoxy) is 2. The molecule has 4 aromatic rings. The lowest BCUT2D eigenvalue weighted by Gasteiger charge is -2.11. The number of rotatable bonds is 10. The van der Waals surface area contributed by atoms with Crippen LogP contribution in [0, 0.1) is 0 Å². The van der Waals surface area contributed by atoms with E-state index >= 15 is 0 Å². The summed E-state index contributed by atoms with van der Waals surface area (Å²) in [6.45, 7) is 0.387. The number of nitrogens with one attached hydrogen (secondary N) is 1. The number of thioether (sulfide) groups is 1. The molecular formula is C24H22Cl2N6O3S. The number of hydrogen-bond donors (Lipinski definition) is 1. The van der Waals surface area contributed by atoms with Crippen LogP contribution in [0.15, 0.2) is 60.0 Å². The fraction of sp³-hybridized carbons (Fsp3) is 0.208. The van der Waals surface area contributed by atoms with E-state index in [9.17, 15) is 4.79 Å². The van der Waals surface area contributed by atoms with Crippen molar-refractivity contribution in [3.8, 4) is 17.2 Å². The minimum atomic E-state index is -0.348. The molecule has 4 rings (SSSR count). The third-order valence-corrected chi connectivity index (χ3v) is 6.42. The molecule has 2 aromatic carbocycles. The van der Waals surface area contributed by atoms with E-state index in [-0.39, 0.29) is 11.6 Å². The Labute approximate surface area is 222 Å². The van der Waals surface area contributed by atoms with E-state index in [0.29, 0.717) is 56.8 Å². The van der Waals surface area contributed by atoms with Crippen molar-refractivity contribution in [2.24, 2.45) is 0 Å². The van der Waals surface area contributed by atoms with Crippen molar-refractivity contribution in [2.75, 3.05) is 20.8 Å². The van der Waals surface area contributed by atoms with Crippen molar-refractivity contribution in [1.29, 1.82) is 0 Å². The summed E-state index contributed by atoms with van der Waals surface area (Å²) in [5.41, 5.74) is 2.34. The quantitative estimate of drug-likeness (QED) is 0.227. The largest absolute Gasteiger partial charge is 0.493 e. The highest BCUT2D eigenvalue weighted by molar-refractivity contribution is 7.98. The highest BCUT2D eigenvalue weighted by Crippen LogP contribution is 2.28. The van der Waals surface area contributed by atoms with Crippen LogP contribution in [0.3, 0.4) is 0 Å². The van der Waals surface area contributed by atoms with Gasteiger partial charge in [-0.15, -0.1) is 5.10 Å². The normalized spacial score (nSPS) is 10.8. The second-order valence-electron chi connectivity index (χ2n) is 7.44. The van der Waals surface area contributed by atoms with Crippen molar-refractivity contribution < 1.29 is 14.3 Å². The Hall–Kier alpha value is -3.34. The molecule has 1 amide bonds. The Morgan fingerprint density at radius 2 is 1.75 bits per heavy atom. The SMILES string of the molecule is COc1ccc(CCNC(=O)c2nnn(-c3cc(Cl)cc(Cl)c3)c2CSc2ncccn2)cc1OC. The van der Waals surface area contributed by atoms with Gasteiger partial charge in [0.2, 0.25) is 0 Å². The van der Waals surface area contributed by atoms with Crippen LogP contribution in [0.4, 0.5) is 0 Å². The predicted molar refractivity (Wildman–Crippen MR) is 139 cm³/mol. The van der Waals surface area contributed by atoms with E-state index < -0.39 is 0 Å². The first kappa shape index (κ1) is 25.7. The van der Waals surface area contributed by atoms with E-state index in [1.807, 2.05) is 18.2 Å². The molecule has 36 heavy (non-hydrogen) atoms. The summed E-state index contributed by atoms with van der Waals surface area (Å²) in [6, 6.07) is 12.4. The third kappa shape index (κ3) is 6.26. The van der Waals surface area contributed by atoms with Gasteiger partial charge in [-0.1, -0.05) is 46.2 Å². The van der Waals surface area contributed by atoms with Gasteiger partial charge in [0.25, 0.3) is 5.91 Å². The molecule has 1 N–H and O–H groups in total. The molecule has 0 saturated heterocycles. The van der Waals surface area contributed by atoms with E-state index in [0.717, 1.165) is 5.56 Å². The lowest BCUT2D eigenvalue weighted by atomic mass is 10.1. The number of hydrogen-bond acceptors (Lipinski definition) is 8. The second kappa shape index (κ2) is 12.1. The molecule has 0 unspecified atom stereocenters. The van der Waals surface area contributed by atoms with Crippen molar-refractivity contribution in [1.82, 2.24) is 30.3 Å². The third-order valence-electron chi connectivity index (χ3n) is 5.10. The van der Waals surface area contributed by atoms with Crippen LogP contribution in [0.5, 0.6) is 11.5 Å². The average Bonchev–Trinajstić information content (AvgIpc) is 3.31. The van der Waals surface area contributed by atoms with Gasteiger partial charge in [-0.3, -0.25) is 4.79 Å². The number of nitrogens with zero attached hydrogens (tertiary/aromatic N) is 5. The maximum absolute atomic E-state index is 13.1. The Bertz CT molecular complexity index is 1330. The monoisotopic (exact) mass is 544 g/mol. The molecule has 0 aliphatic rings. The number of aromatic nitrogens is 5. The zero-order chi connectivity index (χ0) is 25.5. The molecule has 2 heterocycles. The molecule has 0 fully saturated rings. The van der Waals surface area contributed by atoms with Gasteiger partial charge >= 0.3 is 0 Å². The summed E-state index contributed by atoms with van der Waals surface area (Å²) in [7, 11) is 3.17. The molecule has 0 spiro atoms. The number of amides is 1. The maximum atomic E-state index is 13.1. The number of carbonyl (C=O) groups excluding carboxylic acids is 1. The van der Waals surface area contributed by atoms with Gasteiger partial charge in [0, 0.05) is 34.7 Å². The van der Waals surface area contributed by atoms with Crippen LogP contribution in [-0.2, 0) is 12.2 Å².